The van der Waals surface area contributed by atoms with E-state index in [4.69, 9.17) is 14.9 Å². The van der Waals surface area contributed by atoms with Crippen molar-refractivity contribution in [1.82, 2.24) is 29.3 Å². The highest BCUT2D eigenvalue weighted by atomic mass is 16.6. The molecule has 2 aliphatic rings. The summed E-state index contributed by atoms with van der Waals surface area (Å²) in [6, 6.07) is -0.366. The summed E-state index contributed by atoms with van der Waals surface area (Å²) in [5, 5.41) is 19.6. The van der Waals surface area contributed by atoms with Gasteiger partial charge in [-0.25, -0.2) is 24.4 Å². The summed E-state index contributed by atoms with van der Waals surface area (Å²) in [5.41, 5.74) is -3.18. The molecule has 0 saturated carbocycles. The largest absolute Gasteiger partial charge is 0.477 e. The number of aromatic carboxylic acids is 2. The van der Waals surface area contributed by atoms with Crippen molar-refractivity contribution in [3.63, 3.8) is 0 Å². The van der Waals surface area contributed by atoms with Crippen LogP contribution in [0.15, 0.2) is 34.4 Å². The second kappa shape index (κ2) is 12.5. The van der Waals surface area contributed by atoms with Crippen LogP contribution in [-0.2, 0) is 23.9 Å². The summed E-state index contributed by atoms with van der Waals surface area (Å²) in [5.74, 6) is -5.32. The second-order valence-electron chi connectivity index (χ2n) is 10.2. The first-order valence-electron chi connectivity index (χ1n) is 12.6. The summed E-state index contributed by atoms with van der Waals surface area (Å²) >= 11 is 0. The number of ether oxygens (including phenoxy) is 1. The molecular formula is C25H26N6O12. The van der Waals surface area contributed by atoms with Gasteiger partial charge in [0.25, 0.3) is 17.0 Å². The average Bonchev–Trinajstić information content (AvgIpc) is 2.89. The molecule has 0 spiro atoms. The molecule has 4 rings (SSSR count). The molecular weight excluding hydrogens is 576 g/mol. The van der Waals surface area contributed by atoms with Crippen LogP contribution < -0.4 is 16.4 Å². The Morgan fingerprint density at radius 1 is 0.837 bits per heavy atom. The molecule has 4 heterocycles. The van der Waals surface area contributed by atoms with Gasteiger partial charge in [-0.15, -0.1) is 0 Å². The lowest BCUT2D eigenvalue weighted by Gasteiger charge is -2.31. The van der Waals surface area contributed by atoms with Crippen LogP contribution in [0.1, 0.15) is 79.5 Å². The van der Waals surface area contributed by atoms with Crippen molar-refractivity contribution in [1.29, 1.82) is 0 Å². The van der Waals surface area contributed by atoms with E-state index in [0.29, 0.717) is 4.90 Å². The molecule has 2 unspecified atom stereocenters. The predicted molar refractivity (Wildman–Crippen MR) is 139 cm³/mol. The van der Waals surface area contributed by atoms with Gasteiger partial charge in [-0.2, -0.15) is 4.90 Å². The molecule has 2 aromatic rings. The minimum Gasteiger partial charge on any atom is -0.477 e. The highest BCUT2D eigenvalue weighted by molar-refractivity contribution is 6.11. The topological polar surface area (TPSA) is 254 Å². The number of nitrogens with one attached hydrogen (secondary N) is 1. The average molecular weight is 603 g/mol. The van der Waals surface area contributed by atoms with Crippen molar-refractivity contribution < 1.29 is 48.5 Å². The Kier molecular flexibility index (Phi) is 9.32. The fourth-order valence-corrected chi connectivity index (χ4v) is 3.99. The van der Waals surface area contributed by atoms with Crippen molar-refractivity contribution in [2.75, 3.05) is 0 Å². The number of carboxylic acids is 2. The fraction of sp³-hybridized carbons (Fsp3) is 0.400. The molecule has 0 bridgehead atoms. The van der Waals surface area contributed by atoms with Gasteiger partial charge in [-0.3, -0.25) is 43.2 Å². The predicted octanol–water partition coefficient (Wildman–Crippen LogP) is -0.514. The van der Waals surface area contributed by atoms with Crippen LogP contribution in [0.2, 0.25) is 0 Å². The summed E-state index contributed by atoms with van der Waals surface area (Å²) < 4.78 is 6.97. The number of hydrogen-bond acceptors (Lipinski definition) is 12. The Hall–Kier alpha value is -5.55. The minimum atomic E-state index is -1.38. The van der Waals surface area contributed by atoms with Crippen LogP contribution in [0.5, 0.6) is 0 Å². The van der Waals surface area contributed by atoms with Crippen LogP contribution >= 0.6 is 0 Å². The lowest BCUT2D eigenvalue weighted by Crippen LogP contribution is -2.51. The summed E-state index contributed by atoms with van der Waals surface area (Å²) in [6.45, 7) is 4.75. The molecule has 18 heteroatoms. The number of carbonyl (C=O) groups is 7. The monoisotopic (exact) mass is 602 g/mol. The van der Waals surface area contributed by atoms with Gasteiger partial charge in [-0.1, -0.05) is 0 Å². The van der Waals surface area contributed by atoms with Gasteiger partial charge >= 0.3 is 18.0 Å². The minimum absolute atomic E-state index is 0.00896. The van der Waals surface area contributed by atoms with Crippen molar-refractivity contribution in [2.24, 2.45) is 0 Å². The van der Waals surface area contributed by atoms with Gasteiger partial charge in [0, 0.05) is 25.0 Å². The zero-order chi connectivity index (χ0) is 32.2. The van der Waals surface area contributed by atoms with Gasteiger partial charge in [0.15, 0.2) is 11.4 Å². The number of aromatic nitrogens is 4. The summed E-state index contributed by atoms with van der Waals surface area (Å²) in [6.07, 6.45) is 0.967. The number of hydrogen-bond donors (Lipinski definition) is 3. The lowest BCUT2D eigenvalue weighted by atomic mass is 10.0. The van der Waals surface area contributed by atoms with Crippen molar-refractivity contribution in [2.45, 2.75) is 64.1 Å². The van der Waals surface area contributed by atoms with Gasteiger partial charge < -0.3 is 14.9 Å². The Morgan fingerprint density at radius 3 is 1.77 bits per heavy atom. The third-order valence-electron chi connectivity index (χ3n) is 5.95. The Morgan fingerprint density at radius 2 is 1.33 bits per heavy atom. The molecule has 0 aliphatic carbocycles. The van der Waals surface area contributed by atoms with Crippen LogP contribution in [0.4, 0.5) is 4.79 Å². The molecule has 18 nitrogen and oxygen atoms in total. The Labute approximate surface area is 240 Å². The maximum atomic E-state index is 12.5. The maximum absolute atomic E-state index is 12.5. The number of carbonyl (C=O) groups excluding carboxylic acids is 5. The van der Waals surface area contributed by atoms with Crippen LogP contribution in [0.3, 0.4) is 0 Å². The Bertz CT molecular complexity index is 1640. The van der Waals surface area contributed by atoms with E-state index >= 15 is 0 Å². The number of amides is 5. The molecule has 0 radical (unpaired) electrons. The summed E-state index contributed by atoms with van der Waals surface area (Å²) in [4.78, 5) is 112. The molecule has 2 fully saturated rings. The van der Waals surface area contributed by atoms with Crippen molar-refractivity contribution in [3.05, 3.63) is 56.9 Å². The zero-order valence-corrected chi connectivity index (χ0v) is 23.0. The first kappa shape index (κ1) is 32.0. The van der Waals surface area contributed by atoms with Gasteiger partial charge in [0.2, 0.25) is 17.7 Å². The number of nitrogens with zero attached hydrogens (tertiary/aromatic N) is 5. The smallest absolute Gasteiger partial charge is 0.424 e. The Balaban J connectivity index is 0.000000248. The van der Waals surface area contributed by atoms with E-state index in [1.54, 1.807) is 20.8 Å². The first-order chi connectivity index (χ1) is 20.0. The standard InChI is InChI=1S/C15H17N3O7.C10H9N3O5/c1-15(2,3)25-14(24)18-10(19)5-4-9(12(18)21)17-7-16-8(13(22)23)6-11(17)20;14-7-2-1-6(9(16)12-7)13-4-11-5(10(17)18)3-8(13)15/h6-7,9H,4-5H2,1-3H3,(H,22,23);3-4,6H,1-2H2,(H,17,18)(H,12,14,16). The van der Waals surface area contributed by atoms with Gasteiger partial charge in [0.1, 0.15) is 17.7 Å². The van der Waals surface area contributed by atoms with E-state index in [2.05, 4.69) is 15.3 Å². The maximum Gasteiger partial charge on any atom is 0.424 e. The van der Waals surface area contributed by atoms with Crippen LogP contribution in [0.25, 0.3) is 0 Å². The first-order valence-corrected chi connectivity index (χ1v) is 12.6. The summed E-state index contributed by atoms with van der Waals surface area (Å²) in [7, 11) is 0. The fourth-order valence-electron chi connectivity index (χ4n) is 3.99. The number of rotatable bonds is 4. The zero-order valence-electron chi connectivity index (χ0n) is 23.0. The highest BCUT2D eigenvalue weighted by Gasteiger charge is 2.42. The van der Waals surface area contributed by atoms with Crippen LogP contribution in [0, 0.1) is 0 Å². The van der Waals surface area contributed by atoms with Crippen molar-refractivity contribution >= 4 is 41.7 Å². The molecule has 2 aliphatic heterocycles. The van der Waals surface area contributed by atoms with E-state index in [1.807, 2.05) is 0 Å². The molecule has 3 N–H and O–H groups in total. The third kappa shape index (κ3) is 7.60. The number of likely N-dealkylation sites (tertiary alicyclic amines) is 1. The van der Waals surface area contributed by atoms with E-state index in [-0.39, 0.29) is 37.3 Å². The molecule has 2 saturated heterocycles. The second-order valence-corrected chi connectivity index (χ2v) is 10.2. The highest BCUT2D eigenvalue weighted by Crippen LogP contribution is 2.24. The van der Waals surface area contributed by atoms with E-state index in [9.17, 15) is 43.2 Å². The lowest BCUT2D eigenvalue weighted by molar-refractivity contribution is -0.149. The third-order valence-corrected chi connectivity index (χ3v) is 5.95. The molecule has 228 valence electrons. The molecule has 5 amide bonds. The van der Waals surface area contributed by atoms with Gasteiger partial charge in [-0.05, 0) is 33.6 Å². The molecule has 2 atom stereocenters. The molecule has 43 heavy (non-hydrogen) atoms. The van der Waals surface area contributed by atoms with Gasteiger partial charge in [0.05, 0.1) is 12.7 Å². The van der Waals surface area contributed by atoms with Crippen LogP contribution in [-0.4, -0.2) is 81.5 Å². The SMILES string of the molecule is CC(C)(C)OC(=O)N1C(=O)CCC(n2cnc(C(=O)O)cc2=O)C1=O.O=C1CCC(n2cnc(C(=O)O)cc2=O)C(=O)N1. The van der Waals surface area contributed by atoms with E-state index in [0.717, 1.165) is 33.9 Å². The van der Waals surface area contributed by atoms with Crippen molar-refractivity contribution in [3.8, 4) is 0 Å². The molecule has 2 aromatic heterocycles. The number of imide groups is 4. The number of piperidine rings is 2. The van der Waals surface area contributed by atoms with E-state index < -0.39 is 70.3 Å². The normalized spacial score (nSPS) is 18.7. The molecule has 0 aromatic carbocycles. The number of carboxylic acid groups (broad SMARTS) is 2. The van der Waals surface area contributed by atoms with E-state index in [1.165, 1.54) is 0 Å². The quantitative estimate of drug-likeness (QED) is 0.373.